The van der Waals surface area contributed by atoms with Crippen LogP contribution in [-0.4, -0.2) is 46.0 Å². The molecule has 0 aromatic heterocycles. The van der Waals surface area contributed by atoms with E-state index in [9.17, 15) is 8.78 Å². The fourth-order valence-corrected chi connectivity index (χ4v) is 2.59. The molecule has 0 radical (unpaired) electrons. The van der Waals surface area contributed by atoms with Crippen LogP contribution in [0.15, 0.2) is 23.2 Å². The quantitative estimate of drug-likeness (QED) is 0.450. The van der Waals surface area contributed by atoms with E-state index in [1.54, 1.807) is 19.2 Å². The van der Waals surface area contributed by atoms with E-state index < -0.39 is 6.61 Å². The van der Waals surface area contributed by atoms with Crippen LogP contribution in [0.25, 0.3) is 0 Å². The maximum Gasteiger partial charge on any atom is 0.387 e. The van der Waals surface area contributed by atoms with Gasteiger partial charge in [0.1, 0.15) is 11.5 Å². The molecule has 0 saturated carbocycles. The van der Waals surface area contributed by atoms with Gasteiger partial charge in [0, 0.05) is 32.3 Å². The normalized spacial score (nSPS) is 13.0. The Morgan fingerprint density at radius 1 is 1.22 bits per heavy atom. The van der Waals surface area contributed by atoms with Crippen molar-refractivity contribution in [2.45, 2.75) is 46.5 Å². The summed E-state index contributed by atoms with van der Waals surface area (Å²) in [7, 11) is 3.17. The highest BCUT2D eigenvalue weighted by atomic mass is 19.3. The summed E-state index contributed by atoms with van der Waals surface area (Å²) >= 11 is 0. The molecular weight excluding hydrogens is 356 g/mol. The van der Waals surface area contributed by atoms with Gasteiger partial charge in [-0.15, -0.1) is 0 Å². The molecule has 0 bridgehead atoms. The number of guanidine groups is 1. The van der Waals surface area contributed by atoms with Crippen molar-refractivity contribution in [3.05, 3.63) is 23.8 Å². The Balaban J connectivity index is 2.63. The maximum absolute atomic E-state index is 12.6. The summed E-state index contributed by atoms with van der Waals surface area (Å²) in [5.41, 5.74) is 0.548. The highest BCUT2D eigenvalue weighted by molar-refractivity contribution is 5.79. The molecule has 0 aliphatic carbocycles. The molecule has 1 aromatic rings. The second kappa shape index (κ2) is 12.3. The van der Waals surface area contributed by atoms with Crippen LogP contribution in [-0.2, 0) is 11.3 Å². The number of aliphatic imine (C=N–C) groups is 1. The van der Waals surface area contributed by atoms with Crippen molar-refractivity contribution in [2.24, 2.45) is 10.9 Å². The van der Waals surface area contributed by atoms with Crippen LogP contribution in [0.3, 0.4) is 0 Å². The van der Waals surface area contributed by atoms with Crippen LogP contribution in [0.1, 0.15) is 32.8 Å². The lowest BCUT2D eigenvalue weighted by atomic mass is 10.0. The molecule has 0 spiro atoms. The van der Waals surface area contributed by atoms with E-state index in [4.69, 9.17) is 9.47 Å². The molecule has 2 N–H and O–H groups in total. The van der Waals surface area contributed by atoms with Crippen LogP contribution in [0.5, 0.6) is 11.5 Å². The molecule has 6 nitrogen and oxygen atoms in total. The average molecular weight is 387 g/mol. The third-order valence-corrected chi connectivity index (χ3v) is 4.00. The summed E-state index contributed by atoms with van der Waals surface area (Å²) in [6.07, 6.45) is 1.01. The second-order valence-electron chi connectivity index (χ2n) is 6.23. The van der Waals surface area contributed by atoms with Crippen molar-refractivity contribution in [2.75, 3.05) is 27.3 Å². The van der Waals surface area contributed by atoms with E-state index >= 15 is 0 Å². The number of hydrogen-bond donors (Lipinski definition) is 2. The number of benzene rings is 1. The van der Waals surface area contributed by atoms with Gasteiger partial charge in [-0.1, -0.05) is 13.8 Å². The number of nitrogens with one attached hydrogen (secondary N) is 2. The zero-order valence-electron chi connectivity index (χ0n) is 16.7. The topological polar surface area (TPSA) is 64.1 Å². The first kappa shape index (κ1) is 23.0. The van der Waals surface area contributed by atoms with Gasteiger partial charge in [-0.3, -0.25) is 4.99 Å². The summed E-state index contributed by atoms with van der Waals surface area (Å²) in [5, 5.41) is 6.31. The predicted molar refractivity (Wildman–Crippen MR) is 103 cm³/mol. The minimum atomic E-state index is -2.89. The third kappa shape index (κ3) is 8.43. The monoisotopic (exact) mass is 387 g/mol. The molecule has 0 saturated heterocycles. The lowest BCUT2D eigenvalue weighted by Gasteiger charge is -2.21. The standard InChI is InChI=1S/C19H31F2N3O3/c1-6-26-16(13(2)3)9-10-23-19(22-4)24-12-14-11-15(25-5)7-8-17(14)27-18(20)21/h7-8,11,13,16,18H,6,9-10,12H2,1-5H3,(H2,22,23,24). The molecule has 27 heavy (non-hydrogen) atoms. The molecule has 1 unspecified atom stereocenters. The Bertz CT molecular complexity index is 583. The molecule has 154 valence electrons. The zero-order valence-corrected chi connectivity index (χ0v) is 16.7. The van der Waals surface area contributed by atoms with Crippen LogP contribution in [0.2, 0.25) is 0 Å². The molecule has 1 atom stereocenters. The van der Waals surface area contributed by atoms with E-state index in [1.165, 1.54) is 13.2 Å². The van der Waals surface area contributed by atoms with Gasteiger partial charge in [-0.05, 0) is 37.5 Å². The smallest absolute Gasteiger partial charge is 0.387 e. The van der Waals surface area contributed by atoms with Crippen molar-refractivity contribution >= 4 is 5.96 Å². The lowest BCUT2D eigenvalue weighted by Crippen LogP contribution is -2.39. The molecule has 1 rings (SSSR count). The van der Waals surface area contributed by atoms with Crippen molar-refractivity contribution < 1.29 is 23.0 Å². The molecule has 0 aliphatic heterocycles. The molecule has 0 fully saturated rings. The van der Waals surface area contributed by atoms with Crippen LogP contribution in [0.4, 0.5) is 8.78 Å². The van der Waals surface area contributed by atoms with E-state index in [2.05, 4.69) is 34.2 Å². The Hall–Kier alpha value is -2.09. The number of hydrogen-bond acceptors (Lipinski definition) is 4. The minimum absolute atomic E-state index is 0.102. The fraction of sp³-hybridized carbons (Fsp3) is 0.632. The van der Waals surface area contributed by atoms with Gasteiger partial charge < -0.3 is 24.8 Å². The summed E-state index contributed by atoms with van der Waals surface area (Å²) in [5.74, 6) is 1.66. The first-order chi connectivity index (χ1) is 12.9. The summed E-state index contributed by atoms with van der Waals surface area (Å²) in [4.78, 5) is 4.16. The minimum Gasteiger partial charge on any atom is -0.497 e. The van der Waals surface area contributed by atoms with Crippen molar-refractivity contribution in [3.8, 4) is 11.5 Å². The highest BCUT2D eigenvalue weighted by Crippen LogP contribution is 2.25. The first-order valence-corrected chi connectivity index (χ1v) is 9.09. The number of nitrogens with zero attached hydrogens (tertiary/aromatic N) is 1. The van der Waals surface area contributed by atoms with Gasteiger partial charge in [-0.25, -0.2) is 0 Å². The molecule has 8 heteroatoms. The van der Waals surface area contributed by atoms with E-state index in [-0.39, 0.29) is 18.4 Å². The van der Waals surface area contributed by atoms with Crippen LogP contribution >= 0.6 is 0 Å². The van der Waals surface area contributed by atoms with E-state index in [0.29, 0.717) is 36.3 Å². The van der Waals surface area contributed by atoms with Crippen LogP contribution in [0, 0.1) is 5.92 Å². The van der Waals surface area contributed by atoms with Gasteiger partial charge >= 0.3 is 6.61 Å². The van der Waals surface area contributed by atoms with Crippen molar-refractivity contribution in [3.63, 3.8) is 0 Å². The van der Waals surface area contributed by atoms with Crippen molar-refractivity contribution in [1.82, 2.24) is 10.6 Å². The predicted octanol–water partition coefficient (Wildman–Crippen LogP) is 3.41. The van der Waals surface area contributed by atoms with Gasteiger partial charge in [0.25, 0.3) is 0 Å². The number of ether oxygens (including phenoxy) is 3. The summed E-state index contributed by atoms with van der Waals surface area (Å²) in [6.45, 7) is 4.97. The average Bonchev–Trinajstić information content (AvgIpc) is 2.63. The number of halogens is 2. The maximum atomic E-state index is 12.6. The zero-order chi connectivity index (χ0) is 20.2. The Kier molecular flexibility index (Phi) is 10.5. The lowest BCUT2D eigenvalue weighted by molar-refractivity contribution is -0.0504. The van der Waals surface area contributed by atoms with Gasteiger partial charge in [0.15, 0.2) is 5.96 Å². The van der Waals surface area contributed by atoms with Gasteiger partial charge in [0.05, 0.1) is 13.2 Å². The number of rotatable bonds is 11. The molecule has 0 amide bonds. The Morgan fingerprint density at radius 3 is 2.52 bits per heavy atom. The second-order valence-corrected chi connectivity index (χ2v) is 6.23. The number of methoxy groups -OCH3 is 1. The largest absolute Gasteiger partial charge is 0.497 e. The van der Waals surface area contributed by atoms with Crippen LogP contribution < -0.4 is 20.1 Å². The SMILES string of the molecule is CCOC(CCNC(=NC)NCc1cc(OC)ccc1OC(F)F)C(C)C. The molecule has 0 aliphatic rings. The number of alkyl halides is 2. The summed E-state index contributed by atoms with van der Waals surface area (Å²) in [6, 6.07) is 4.70. The Morgan fingerprint density at radius 2 is 1.96 bits per heavy atom. The molecular formula is C19H31F2N3O3. The van der Waals surface area contributed by atoms with Gasteiger partial charge in [-0.2, -0.15) is 8.78 Å². The highest BCUT2D eigenvalue weighted by Gasteiger charge is 2.14. The fourth-order valence-electron chi connectivity index (χ4n) is 2.59. The van der Waals surface area contributed by atoms with E-state index in [1.807, 2.05) is 6.92 Å². The van der Waals surface area contributed by atoms with Crippen molar-refractivity contribution in [1.29, 1.82) is 0 Å². The molecule has 1 aromatic carbocycles. The molecule has 0 heterocycles. The first-order valence-electron chi connectivity index (χ1n) is 9.09. The Labute approximate surface area is 160 Å². The van der Waals surface area contributed by atoms with E-state index in [0.717, 1.165) is 6.42 Å². The van der Waals surface area contributed by atoms with Gasteiger partial charge in [0.2, 0.25) is 0 Å². The summed E-state index contributed by atoms with van der Waals surface area (Å²) < 4.78 is 40.6. The third-order valence-electron chi connectivity index (χ3n) is 4.00.